The molecule has 27 heavy (non-hydrogen) atoms. The van der Waals surface area contributed by atoms with Crippen LogP contribution in [0.25, 0.3) is 11.1 Å². The zero-order valence-electron chi connectivity index (χ0n) is 13.8. The molecular weight excluding hydrogens is 402 g/mol. The molecule has 0 fully saturated rings. The summed E-state index contributed by atoms with van der Waals surface area (Å²) in [7, 11) is 1.35. The zero-order valence-corrected chi connectivity index (χ0v) is 15.3. The molecule has 1 aromatic heterocycles. The Morgan fingerprint density at radius 1 is 1.07 bits per heavy atom. The molecule has 0 saturated carbocycles. The minimum atomic E-state index is -4.71. The number of benzene rings is 2. The Labute approximate surface area is 162 Å². The molecule has 3 rings (SSSR count). The van der Waals surface area contributed by atoms with Gasteiger partial charge in [0.15, 0.2) is 5.69 Å². The zero-order chi connectivity index (χ0) is 19.8. The molecule has 0 spiro atoms. The maximum Gasteiger partial charge on any atom is 0.437 e. The minimum Gasteiger partial charge on any atom is -0.279 e. The number of anilines is 2. The van der Waals surface area contributed by atoms with E-state index >= 15 is 0 Å². The average molecular weight is 414 g/mol. The van der Waals surface area contributed by atoms with Gasteiger partial charge in [0, 0.05) is 18.8 Å². The van der Waals surface area contributed by atoms with Crippen LogP contribution in [0, 0.1) is 0 Å². The van der Waals surface area contributed by atoms with E-state index in [1.54, 1.807) is 42.5 Å². The summed E-state index contributed by atoms with van der Waals surface area (Å²) in [6.07, 6.45) is -3.25. The second kappa shape index (κ2) is 7.25. The lowest BCUT2D eigenvalue weighted by Gasteiger charge is -2.21. The molecule has 1 heterocycles. The molecule has 0 radical (unpaired) electrons. The summed E-state index contributed by atoms with van der Waals surface area (Å²) in [6, 6.07) is 11.4. The number of hydrogen-bond donors (Lipinski definition) is 0. The number of hydrogen-bond acceptors (Lipinski definition) is 2. The van der Waals surface area contributed by atoms with Gasteiger partial charge in [0.1, 0.15) is 0 Å². The quantitative estimate of drug-likeness (QED) is 0.514. The summed E-state index contributed by atoms with van der Waals surface area (Å²) in [6.45, 7) is 0. The SMILES string of the molecule is Cn1cc(N(C=O)c2ccccc2-c2ccc(Cl)c(Cl)c2)c(C(F)(F)F)n1. The largest absolute Gasteiger partial charge is 0.437 e. The summed E-state index contributed by atoms with van der Waals surface area (Å²) < 4.78 is 41.0. The third-order valence-electron chi connectivity index (χ3n) is 3.84. The van der Waals surface area contributed by atoms with E-state index in [1.165, 1.54) is 7.05 Å². The van der Waals surface area contributed by atoms with E-state index in [0.717, 1.165) is 15.8 Å². The van der Waals surface area contributed by atoms with E-state index in [4.69, 9.17) is 23.2 Å². The van der Waals surface area contributed by atoms with Crippen LogP contribution in [0.5, 0.6) is 0 Å². The first-order chi connectivity index (χ1) is 12.7. The Kier molecular flexibility index (Phi) is 5.17. The lowest BCUT2D eigenvalue weighted by Crippen LogP contribution is -2.19. The molecule has 3 aromatic rings. The number of alkyl halides is 3. The van der Waals surface area contributed by atoms with Crippen LogP contribution in [0.4, 0.5) is 24.5 Å². The molecule has 4 nitrogen and oxygen atoms in total. The summed E-state index contributed by atoms with van der Waals surface area (Å²) in [5, 5.41) is 4.09. The Morgan fingerprint density at radius 2 is 1.78 bits per heavy atom. The number of halogens is 5. The number of rotatable bonds is 4. The molecule has 0 atom stereocenters. The Hall–Kier alpha value is -2.51. The van der Waals surface area contributed by atoms with Crippen molar-refractivity contribution in [1.29, 1.82) is 0 Å². The molecule has 0 aliphatic heterocycles. The number of amides is 1. The van der Waals surface area contributed by atoms with E-state index in [1.807, 2.05) is 0 Å². The van der Waals surface area contributed by atoms with Gasteiger partial charge in [-0.25, -0.2) is 0 Å². The van der Waals surface area contributed by atoms with E-state index in [-0.39, 0.29) is 11.4 Å². The van der Waals surface area contributed by atoms with Crippen molar-refractivity contribution in [3.63, 3.8) is 0 Å². The van der Waals surface area contributed by atoms with Crippen LogP contribution in [0.1, 0.15) is 5.69 Å². The molecule has 140 valence electrons. The van der Waals surface area contributed by atoms with Crippen molar-refractivity contribution in [3.8, 4) is 11.1 Å². The number of carbonyl (C=O) groups is 1. The molecule has 0 unspecified atom stereocenters. The van der Waals surface area contributed by atoms with E-state index in [9.17, 15) is 18.0 Å². The smallest absolute Gasteiger partial charge is 0.279 e. The number of nitrogens with zero attached hydrogens (tertiary/aromatic N) is 3. The number of aromatic nitrogens is 2. The van der Waals surface area contributed by atoms with Crippen LogP contribution in [-0.4, -0.2) is 16.2 Å². The van der Waals surface area contributed by atoms with Crippen molar-refractivity contribution < 1.29 is 18.0 Å². The lowest BCUT2D eigenvalue weighted by atomic mass is 10.0. The third-order valence-corrected chi connectivity index (χ3v) is 4.58. The van der Waals surface area contributed by atoms with Gasteiger partial charge in [0.25, 0.3) is 0 Å². The second-order valence-corrected chi connectivity index (χ2v) is 6.47. The van der Waals surface area contributed by atoms with Crippen LogP contribution in [0.2, 0.25) is 10.0 Å². The number of carbonyl (C=O) groups excluding carboxylic acids is 1. The van der Waals surface area contributed by atoms with Gasteiger partial charge in [0.05, 0.1) is 21.4 Å². The third kappa shape index (κ3) is 3.79. The summed E-state index contributed by atoms with van der Waals surface area (Å²) in [5.41, 5.74) is -0.151. The van der Waals surface area contributed by atoms with Crippen molar-refractivity contribution in [2.75, 3.05) is 4.90 Å². The standard InChI is InChI=1S/C18H12Cl2F3N3O/c1-25-9-16(17(24-25)18(21,22)23)26(10-27)15-5-3-2-4-12(15)11-6-7-13(19)14(20)8-11/h2-10H,1H3. The van der Waals surface area contributed by atoms with Gasteiger partial charge in [-0.05, 0) is 23.8 Å². The van der Waals surface area contributed by atoms with Crippen molar-refractivity contribution in [3.05, 3.63) is 64.4 Å². The van der Waals surface area contributed by atoms with Gasteiger partial charge >= 0.3 is 6.18 Å². The maximum absolute atomic E-state index is 13.3. The lowest BCUT2D eigenvalue weighted by molar-refractivity contribution is -0.140. The maximum atomic E-state index is 13.3. The number of aryl methyl sites for hydroxylation is 1. The predicted octanol–water partition coefficient (Wildman–Crippen LogP) is 5.71. The molecule has 0 aliphatic rings. The van der Waals surface area contributed by atoms with Gasteiger partial charge in [0.2, 0.25) is 6.41 Å². The first kappa shape index (κ1) is 19.3. The van der Waals surface area contributed by atoms with Crippen LogP contribution < -0.4 is 4.90 Å². The van der Waals surface area contributed by atoms with Crippen LogP contribution in [-0.2, 0) is 18.0 Å². The Morgan fingerprint density at radius 3 is 2.41 bits per heavy atom. The van der Waals surface area contributed by atoms with Gasteiger partial charge < -0.3 is 0 Å². The fraction of sp³-hybridized carbons (Fsp3) is 0.111. The van der Waals surface area contributed by atoms with Crippen molar-refractivity contribution in [1.82, 2.24) is 9.78 Å². The monoisotopic (exact) mass is 413 g/mol. The molecule has 9 heteroatoms. The summed E-state index contributed by atoms with van der Waals surface area (Å²) in [5.74, 6) is 0. The topological polar surface area (TPSA) is 38.1 Å². The Bertz CT molecular complexity index is 1000. The highest BCUT2D eigenvalue weighted by Crippen LogP contribution is 2.41. The van der Waals surface area contributed by atoms with Crippen molar-refractivity contribution in [2.45, 2.75) is 6.18 Å². The molecular formula is C18H12Cl2F3N3O. The molecule has 0 saturated heterocycles. The van der Waals surface area contributed by atoms with Crippen LogP contribution in [0.15, 0.2) is 48.7 Å². The minimum absolute atomic E-state index is 0.254. The normalized spacial score (nSPS) is 11.5. The van der Waals surface area contributed by atoms with E-state index in [2.05, 4.69) is 5.10 Å². The fourth-order valence-corrected chi connectivity index (χ4v) is 2.99. The molecule has 2 aromatic carbocycles. The fourth-order valence-electron chi connectivity index (χ4n) is 2.69. The Balaban J connectivity index is 2.19. The van der Waals surface area contributed by atoms with Crippen molar-refractivity contribution >= 4 is 41.0 Å². The van der Waals surface area contributed by atoms with Crippen LogP contribution >= 0.6 is 23.2 Å². The average Bonchev–Trinajstić information content (AvgIpc) is 3.00. The highest BCUT2D eigenvalue weighted by molar-refractivity contribution is 6.42. The summed E-state index contributed by atoms with van der Waals surface area (Å²) in [4.78, 5) is 12.7. The highest BCUT2D eigenvalue weighted by atomic mass is 35.5. The molecule has 0 aliphatic carbocycles. The predicted molar refractivity (Wildman–Crippen MR) is 98.3 cm³/mol. The van der Waals surface area contributed by atoms with Crippen LogP contribution in [0.3, 0.4) is 0 Å². The number of para-hydroxylation sites is 1. The van der Waals surface area contributed by atoms with Gasteiger partial charge in [-0.15, -0.1) is 0 Å². The van der Waals surface area contributed by atoms with E-state index in [0.29, 0.717) is 27.6 Å². The second-order valence-electron chi connectivity index (χ2n) is 5.66. The molecule has 1 amide bonds. The van der Waals surface area contributed by atoms with E-state index < -0.39 is 11.9 Å². The highest BCUT2D eigenvalue weighted by Gasteiger charge is 2.39. The first-order valence-electron chi connectivity index (χ1n) is 7.62. The van der Waals surface area contributed by atoms with Gasteiger partial charge in [-0.1, -0.05) is 47.5 Å². The molecule has 0 bridgehead atoms. The van der Waals surface area contributed by atoms with Gasteiger partial charge in [-0.3, -0.25) is 14.4 Å². The van der Waals surface area contributed by atoms with Gasteiger partial charge in [-0.2, -0.15) is 18.3 Å². The summed E-state index contributed by atoms with van der Waals surface area (Å²) >= 11 is 12.0. The van der Waals surface area contributed by atoms with Crippen molar-refractivity contribution in [2.24, 2.45) is 7.05 Å². The molecule has 0 N–H and O–H groups in total. The first-order valence-corrected chi connectivity index (χ1v) is 8.38.